The van der Waals surface area contributed by atoms with Crippen LogP contribution < -0.4 is 4.72 Å². The van der Waals surface area contributed by atoms with Crippen molar-refractivity contribution >= 4 is 38.9 Å². The van der Waals surface area contributed by atoms with Crippen molar-refractivity contribution in [3.63, 3.8) is 0 Å². The number of benzene rings is 1. The summed E-state index contributed by atoms with van der Waals surface area (Å²) in [6.07, 6.45) is -0.0597. The van der Waals surface area contributed by atoms with E-state index < -0.39 is 26.6 Å². The third-order valence-corrected chi connectivity index (χ3v) is 6.22. The number of carbonyl (C=O) groups excluding carboxylic acids is 1. The van der Waals surface area contributed by atoms with Crippen LogP contribution in [0.4, 0.5) is 8.78 Å². The van der Waals surface area contributed by atoms with Crippen molar-refractivity contribution in [2.24, 2.45) is 0 Å². The molecule has 0 radical (unpaired) electrons. The topological polar surface area (TPSA) is 66.5 Å². The summed E-state index contributed by atoms with van der Waals surface area (Å²) in [6, 6.07) is 5.87. The Morgan fingerprint density at radius 2 is 1.96 bits per heavy atom. The van der Waals surface area contributed by atoms with E-state index in [1.54, 1.807) is 11.0 Å². The maximum absolute atomic E-state index is 13.2. The summed E-state index contributed by atoms with van der Waals surface area (Å²) in [5, 5.41) is 0. The van der Waals surface area contributed by atoms with E-state index in [4.69, 9.17) is 11.6 Å². The first-order valence-corrected chi connectivity index (χ1v) is 10.4. The molecule has 0 aliphatic rings. The zero-order chi connectivity index (χ0) is 19.3. The van der Waals surface area contributed by atoms with Gasteiger partial charge in [-0.2, -0.15) is 0 Å². The normalized spacial score (nSPS) is 11.5. The molecule has 0 aliphatic heterocycles. The van der Waals surface area contributed by atoms with E-state index in [2.05, 4.69) is 4.72 Å². The summed E-state index contributed by atoms with van der Waals surface area (Å²) >= 11 is 7.24. The number of nitrogens with zero attached hydrogens (tertiary/aromatic N) is 1. The molecule has 0 bridgehead atoms. The largest absolute Gasteiger partial charge is 0.338 e. The van der Waals surface area contributed by atoms with Crippen molar-refractivity contribution in [1.82, 2.24) is 9.62 Å². The van der Waals surface area contributed by atoms with E-state index in [1.165, 1.54) is 11.3 Å². The molecule has 2 aromatic rings. The van der Waals surface area contributed by atoms with Gasteiger partial charge in [0.1, 0.15) is 0 Å². The zero-order valence-corrected chi connectivity index (χ0v) is 16.2. The number of rotatable bonds is 8. The number of hydrogen-bond acceptors (Lipinski definition) is 4. The van der Waals surface area contributed by atoms with Crippen molar-refractivity contribution < 1.29 is 22.0 Å². The third-order valence-electron chi connectivity index (χ3n) is 3.54. The molecule has 0 fully saturated rings. The van der Waals surface area contributed by atoms with Crippen LogP contribution in [0.1, 0.15) is 18.2 Å². The highest BCUT2D eigenvalue weighted by atomic mass is 35.5. The first-order chi connectivity index (χ1) is 12.2. The maximum Gasteiger partial charge on any atom is 0.240 e. The summed E-state index contributed by atoms with van der Waals surface area (Å²) in [4.78, 5) is 14.4. The summed E-state index contributed by atoms with van der Waals surface area (Å²) in [6.45, 7) is 2.52. The van der Waals surface area contributed by atoms with Gasteiger partial charge in [-0.1, -0.05) is 11.6 Å². The minimum Gasteiger partial charge on any atom is -0.338 e. The van der Waals surface area contributed by atoms with Crippen LogP contribution in [0.2, 0.25) is 4.34 Å². The SMILES string of the molecule is CCN(Cc1ccc(Cl)s1)C(=O)CCNS(=O)(=O)c1ccc(F)c(F)c1. The minimum atomic E-state index is -4.03. The van der Waals surface area contributed by atoms with Gasteiger partial charge < -0.3 is 4.90 Å². The Labute approximate surface area is 159 Å². The Morgan fingerprint density at radius 1 is 1.23 bits per heavy atom. The average molecular weight is 423 g/mol. The fourth-order valence-corrected chi connectivity index (χ4v) is 4.33. The second-order valence-corrected chi connectivity index (χ2v) is 8.90. The molecule has 142 valence electrons. The minimum absolute atomic E-state index is 0.0597. The fourth-order valence-electron chi connectivity index (χ4n) is 2.18. The van der Waals surface area contributed by atoms with Crippen molar-refractivity contribution in [3.8, 4) is 0 Å². The molecular weight excluding hydrogens is 406 g/mol. The van der Waals surface area contributed by atoms with Crippen LogP contribution in [0.5, 0.6) is 0 Å². The molecule has 1 aromatic carbocycles. The summed E-state index contributed by atoms with van der Waals surface area (Å²) in [5.41, 5.74) is 0. The molecule has 1 aromatic heterocycles. The molecule has 1 heterocycles. The molecule has 0 saturated heterocycles. The van der Waals surface area contributed by atoms with E-state index >= 15 is 0 Å². The molecule has 0 aliphatic carbocycles. The highest BCUT2D eigenvalue weighted by molar-refractivity contribution is 7.89. The van der Waals surface area contributed by atoms with Gasteiger partial charge in [0.25, 0.3) is 0 Å². The standard InChI is InChI=1S/C16H17ClF2N2O3S2/c1-2-21(10-11-3-6-15(17)25-11)16(22)7-8-20-26(23,24)12-4-5-13(18)14(19)9-12/h3-6,9,20H,2,7-8,10H2,1H3. The monoisotopic (exact) mass is 422 g/mol. The van der Waals surface area contributed by atoms with Crippen LogP contribution in [0.3, 0.4) is 0 Å². The van der Waals surface area contributed by atoms with Crippen molar-refractivity contribution in [3.05, 3.63) is 51.2 Å². The fraction of sp³-hybridized carbons (Fsp3) is 0.312. The van der Waals surface area contributed by atoms with Crippen LogP contribution >= 0.6 is 22.9 Å². The average Bonchev–Trinajstić information content (AvgIpc) is 2.99. The van der Waals surface area contributed by atoms with Gasteiger partial charge in [0.15, 0.2) is 11.6 Å². The number of carbonyl (C=O) groups is 1. The quantitative estimate of drug-likeness (QED) is 0.709. The van der Waals surface area contributed by atoms with Gasteiger partial charge in [0, 0.05) is 24.4 Å². The van der Waals surface area contributed by atoms with Crippen LogP contribution in [-0.2, 0) is 21.4 Å². The first-order valence-electron chi connectivity index (χ1n) is 7.69. The van der Waals surface area contributed by atoms with E-state index in [0.717, 1.165) is 17.0 Å². The van der Waals surface area contributed by atoms with Crippen molar-refractivity contribution in [1.29, 1.82) is 0 Å². The molecule has 0 saturated carbocycles. The van der Waals surface area contributed by atoms with Crippen molar-refractivity contribution in [2.45, 2.75) is 24.8 Å². The predicted octanol–water partition coefficient (Wildman–Crippen LogP) is 3.40. The lowest BCUT2D eigenvalue weighted by Gasteiger charge is -2.20. The molecule has 2 rings (SSSR count). The molecule has 1 N–H and O–H groups in total. The lowest BCUT2D eigenvalue weighted by atomic mass is 10.3. The summed E-state index contributed by atoms with van der Waals surface area (Å²) < 4.78 is 53.1. The molecular formula is C16H17ClF2N2O3S2. The second kappa shape index (κ2) is 8.90. The summed E-state index contributed by atoms with van der Waals surface area (Å²) in [7, 11) is -4.03. The number of hydrogen-bond donors (Lipinski definition) is 1. The van der Waals surface area contributed by atoms with Gasteiger partial charge in [0.05, 0.1) is 15.8 Å². The molecule has 1 amide bonds. The van der Waals surface area contributed by atoms with Gasteiger partial charge in [-0.05, 0) is 37.3 Å². The predicted molar refractivity (Wildman–Crippen MR) is 96.6 cm³/mol. The van der Waals surface area contributed by atoms with E-state index in [-0.39, 0.29) is 18.9 Å². The molecule has 0 spiro atoms. The molecule has 5 nitrogen and oxygen atoms in total. The van der Waals surface area contributed by atoms with Gasteiger partial charge in [-0.25, -0.2) is 21.9 Å². The second-order valence-electron chi connectivity index (χ2n) is 5.34. The molecule has 0 unspecified atom stereocenters. The highest BCUT2D eigenvalue weighted by Crippen LogP contribution is 2.22. The Hall–Kier alpha value is -1.55. The number of amides is 1. The first kappa shape index (κ1) is 20.8. The Balaban J connectivity index is 1.92. The van der Waals surface area contributed by atoms with Crippen LogP contribution in [0.15, 0.2) is 35.2 Å². The van der Waals surface area contributed by atoms with Gasteiger partial charge >= 0.3 is 0 Å². The summed E-state index contributed by atoms with van der Waals surface area (Å²) in [5.74, 6) is -2.62. The number of sulfonamides is 1. The maximum atomic E-state index is 13.2. The number of nitrogens with one attached hydrogen (secondary N) is 1. The van der Waals surface area contributed by atoms with Crippen LogP contribution in [0.25, 0.3) is 0 Å². The van der Waals surface area contributed by atoms with E-state index in [9.17, 15) is 22.0 Å². The van der Waals surface area contributed by atoms with Gasteiger partial charge in [-0.15, -0.1) is 11.3 Å². The van der Waals surface area contributed by atoms with Crippen molar-refractivity contribution in [2.75, 3.05) is 13.1 Å². The lowest BCUT2D eigenvalue weighted by Crippen LogP contribution is -2.34. The zero-order valence-electron chi connectivity index (χ0n) is 13.8. The smallest absolute Gasteiger partial charge is 0.240 e. The molecule has 10 heteroatoms. The number of halogens is 3. The highest BCUT2D eigenvalue weighted by Gasteiger charge is 2.18. The lowest BCUT2D eigenvalue weighted by molar-refractivity contribution is -0.131. The van der Waals surface area contributed by atoms with Gasteiger partial charge in [-0.3, -0.25) is 4.79 Å². The van der Waals surface area contributed by atoms with Crippen LogP contribution in [0, 0.1) is 11.6 Å². The van der Waals surface area contributed by atoms with E-state index in [0.29, 0.717) is 23.5 Å². The molecule has 0 atom stereocenters. The molecule has 26 heavy (non-hydrogen) atoms. The Bertz CT molecular complexity index is 887. The van der Waals surface area contributed by atoms with E-state index in [1.807, 2.05) is 13.0 Å². The van der Waals surface area contributed by atoms with Gasteiger partial charge in [0.2, 0.25) is 15.9 Å². The van der Waals surface area contributed by atoms with Crippen LogP contribution in [-0.4, -0.2) is 32.3 Å². The Morgan fingerprint density at radius 3 is 2.54 bits per heavy atom. The number of thiophene rings is 1. The third kappa shape index (κ3) is 5.47. The Kier molecular flexibility index (Phi) is 7.10.